The number of para-hydroxylation sites is 1. The van der Waals surface area contributed by atoms with Gasteiger partial charge in [0.2, 0.25) is 0 Å². The van der Waals surface area contributed by atoms with E-state index in [1.54, 1.807) is 13.2 Å². The van der Waals surface area contributed by atoms with E-state index in [0.29, 0.717) is 16.8 Å². The largest absolute Gasteiger partial charge is 0.454 e. The monoisotopic (exact) mass is 437 g/mol. The average molecular weight is 437 g/mol. The smallest absolute Gasteiger partial charge is 0.340 e. The van der Waals surface area contributed by atoms with Crippen molar-refractivity contribution in [2.75, 3.05) is 13.7 Å². The van der Waals surface area contributed by atoms with Gasteiger partial charge in [0.1, 0.15) is 0 Å². The number of hydrogen-bond donors (Lipinski definition) is 0. The van der Waals surface area contributed by atoms with E-state index in [2.05, 4.69) is 17.1 Å². The summed E-state index contributed by atoms with van der Waals surface area (Å²) < 4.78 is 10.7. The molecule has 0 amide bonds. The molecule has 0 saturated carbocycles. The van der Waals surface area contributed by atoms with Crippen LogP contribution < -0.4 is 0 Å². The van der Waals surface area contributed by atoms with Gasteiger partial charge in [-0.1, -0.05) is 54.6 Å². The summed E-state index contributed by atoms with van der Waals surface area (Å²) in [5.41, 5.74) is 7.61. The van der Waals surface area contributed by atoms with Crippen LogP contribution in [0.15, 0.2) is 66.7 Å². The maximum Gasteiger partial charge on any atom is 0.340 e. The molecular formula is C28H23NO4. The quantitative estimate of drug-likeness (QED) is 0.266. The van der Waals surface area contributed by atoms with E-state index in [0.717, 1.165) is 34.0 Å². The van der Waals surface area contributed by atoms with Crippen molar-refractivity contribution in [3.05, 3.63) is 100 Å². The summed E-state index contributed by atoms with van der Waals surface area (Å²) in [7, 11) is 1.55. The van der Waals surface area contributed by atoms with Crippen LogP contribution in [0.5, 0.6) is 0 Å². The minimum Gasteiger partial charge on any atom is -0.454 e. The molecule has 1 aliphatic carbocycles. The van der Waals surface area contributed by atoms with Crippen molar-refractivity contribution in [1.82, 2.24) is 4.98 Å². The second kappa shape index (κ2) is 8.60. The maximum absolute atomic E-state index is 13.0. The standard InChI is InChI=1S/C28H23NO4/c1-17-21-8-5-6-10-24(21)29-25(15-32-2)27(17)28(31)33-16-26(30)20-12-11-19-13-18-7-3-4-9-22(18)23(19)14-20/h3-12,14H,13,15-16H2,1-2H3. The number of fused-ring (bicyclic) bond motifs is 4. The summed E-state index contributed by atoms with van der Waals surface area (Å²) in [5.74, 6) is -0.812. The molecule has 5 nitrogen and oxygen atoms in total. The molecule has 1 heterocycles. The third-order valence-corrected chi connectivity index (χ3v) is 6.17. The zero-order valence-corrected chi connectivity index (χ0v) is 18.6. The molecule has 0 radical (unpaired) electrons. The Morgan fingerprint density at radius 2 is 1.70 bits per heavy atom. The van der Waals surface area contributed by atoms with Gasteiger partial charge < -0.3 is 9.47 Å². The molecule has 0 unspecified atom stereocenters. The molecule has 0 N–H and O–H groups in total. The lowest BCUT2D eigenvalue weighted by atomic mass is 10.0. The molecule has 0 saturated heterocycles. The zero-order chi connectivity index (χ0) is 22.9. The number of nitrogens with zero attached hydrogens (tertiary/aromatic N) is 1. The minimum atomic E-state index is -0.572. The van der Waals surface area contributed by atoms with Crippen molar-refractivity contribution in [3.8, 4) is 11.1 Å². The first-order valence-electron chi connectivity index (χ1n) is 10.9. The van der Waals surface area contributed by atoms with Gasteiger partial charge in [0.25, 0.3) is 0 Å². The number of hydrogen-bond acceptors (Lipinski definition) is 5. The Kier molecular flexibility index (Phi) is 5.48. The van der Waals surface area contributed by atoms with Crippen LogP contribution in [0.25, 0.3) is 22.0 Å². The number of methoxy groups -OCH3 is 1. The van der Waals surface area contributed by atoms with Crippen LogP contribution in [-0.2, 0) is 22.5 Å². The molecule has 164 valence electrons. The third-order valence-electron chi connectivity index (χ3n) is 6.17. The number of Topliss-reactive ketones (excluding diaryl/α,β-unsaturated/α-hetero) is 1. The van der Waals surface area contributed by atoms with Crippen LogP contribution in [0.2, 0.25) is 0 Å². The summed E-state index contributed by atoms with van der Waals surface area (Å²) in [4.78, 5) is 30.5. The number of aryl methyl sites for hydroxylation is 1. The zero-order valence-electron chi connectivity index (χ0n) is 18.6. The number of ketones is 1. The van der Waals surface area contributed by atoms with Gasteiger partial charge in [-0.2, -0.15) is 0 Å². The molecule has 1 aromatic heterocycles. The van der Waals surface area contributed by atoms with Gasteiger partial charge in [0.15, 0.2) is 12.4 Å². The van der Waals surface area contributed by atoms with Crippen LogP contribution in [-0.4, -0.2) is 30.5 Å². The average Bonchev–Trinajstić information content (AvgIpc) is 3.21. The lowest BCUT2D eigenvalue weighted by molar-refractivity contribution is 0.0469. The highest BCUT2D eigenvalue weighted by atomic mass is 16.5. The molecule has 0 atom stereocenters. The Labute approximate surface area is 192 Å². The van der Waals surface area contributed by atoms with E-state index in [1.807, 2.05) is 55.5 Å². The number of rotatable bonds is 6. The summed E-state index contributed by atoms with van der Waals surface area (Å²) in [6.07, 6.45) is 0.867. The fraction of sp³-hybridized carbons (Fsp3) is 0.179. The van der Waals surface area contributed by atoms with Gasteiger partial charge >= 0.3 is 5.97 Å². The van der Waals surface area contributed by atoms with Gasteiger partial charge in [-0.05, 0) is 53.3 Å². The molecule has 0 bridgehead atoms. The van der Waals surface area contributed by atoms with Gasteiger partial charge in [-0.25, -0.2) is 9.78 Å². The molecular weight excluding hydrogens is 414 g/mol. The highest BCUT2D eigenvalue weighted by Gasteiger charge is 2.23. The Morgan fingerprint density at radius 3 is 2.55 bits per heavy atom. The predicted octanol–water partition coefficient (Wildman–Crippen LogP) is 5.30. The number of benzene rings is 3. The fourth-order valence-electron chi connectivity index (χ4n) is 4.54. The molecule has 0 fully saturated rings. The molecule has 0 spiro atoms. The Hall–Kier alpha value is -3.83. The Bertz CT molecular complexity index is 1410. The highest BCUT2D eigenvalue weighted by Crippen LogP contribution is 2.37. The Morgan fingerprint density at radius 1 is 0.939 bits per heavy atom. The lowest BCUT2D eigenvalue weighted by Crippen LogP contribution is -2.18. The van der Waals surface area contributed by atoms with Crippen LogP contribution >= 0.6 is 0 Å². The topological polar surface area (TPSA) is 65.5 Å². The first kappa shape index (κ1) is 21.0. The number of carbonyl (C=O) groups excluding carboxylic acids is 2. The molecule has 3 aromatic carbocycles. The van der Waals surface area contributed by atoms with Gasteiger partial charge in [0.05, 0.1) is 23.4 Å². The SMILES string of the molecule is COCc1nc2ccccc2c(C)c1C(=O)OCC(=O)c1ccc2c(c1)-c1ccccc1C2. The van der Waals surface area contributed by atoms with Crippen LogP contribution in [0.4, 0.5) is 0 Å². The maximum atomic E-state index is 13.0. The van der Waals surface area contributed by atoms with Crippen molar-refractivity contribution in [1.29, 1.82) is 0 Å². The van der Waals surface area contributed by atoms with Gasteiger partial charge in [-0.15, -0.1) is 0 Å². The van der Waals surface area contributed by atoms with Crippen molar-refractivity contribution < 1.29 is 19.1 Å². The van der Waals surface area contributed by atoms with Crippen molar-refractivity contribution >= 4 is 22.7 Å². The number of esters is 1. The van der Waals surface area contributed by atoms with Crippen molar-refractivity contribution in [3.63, 3.8) is 0 Å². The summed E-state index contributed by atoms with van der Waals surface area (Å²) >= 11 is 0. The number of carbonyl (C=O) groups is 2. The van der Waals surface area contributed by atoms with E-state index >= 15 is 0 Å². The van der Waals surface area contributed by atoms with Gasteiger partial charge in [0, 0.05) is 18.1 Å². The molecule has 5 rings (SSSR count). The van der Waals surface area contributed by atoms with Crippen molar-refractivity contribution in [2.24, 2.45) is 0 Å². The lowest BCUT2D eigenvalue weighted by Gasteiger charge is -2.14. The number of aromatic nitrogens is 1. The van der Waals surface area contributed by atoms with E-state index in [-0.39, 0.29) is 19.0 Å². The summed E-state index contributed by atoms with van der Waals surface area (Å²) in [6, 6.07) is 21.5. The molecule has 1 aliphatic rings. The van der Waals surface area contributed by atoms with E-state index < -0.39 is 5.97 Å². The Balaban J connectivity index is 1.38. The number of pyridine rings is 1. The second-order valence-electron chi connectivity index (χ2n) is 8.21. The second-order valence-corrected chi connectivity index (χ2v) is 8.21. The van der Waals surface area contributed by atoms with Crippen LogP contribution in [0.3, 0.4) is 0 Å². The first-order valence-corrected chi connectivity index (χ1v) is 10.9. The van der Waals surface area contributed by atoms with E-state index in [9.17, 15) is 9.59 Å². The van der Waals surface area contributed by atoms with Crippen molar-refractivity contribution in [2.45, 2.75) is 20.0 Å². The predicted molar refractivity (Wildman–Crippen MR) is 126 cm³/mol. The van der Waals surface area contributed by atoms with E-state index in [4.69, 9.17) is 9.47 Å². The molecule has 4 aromatic rings. The number of ether oxygens (including phenoxy) is 2. The third kappa shape index (κ3) is 3.81. The molecule has 5 heteroatoms. The summed E-state index contributed by atoms with van der Waals surface area (Å²) in [5, 5.41) is 0.868. The highest BCUT2D eigenvalue weighted by molar-refractivity contribution is 6.02. The molecule has 0 aliphatic heterocycles. The fourth-order valence-corrected chi connectivity index (χ4v) is 4.54. The normalized spacial score (nSPS) is 11.8. The summed E-state index contributed by atoms with van der Waals surface area (Å²) in [6.45, 7) is 1.70. The van der Waals surface area contributed by atoms with Gasteiger partial charge in [-0.3, -0.25) is 4.79 Å². The van der Waals surface area contributed by atoms with Crippen LogP contribution in [0, 0.1) is 6.92 Å². The van der Waals surface area contributed by atoms with E-state index in [1.165, 1.54) is 11.1 Å². The minimum absolute atomic E-state index is 0.175. The first-order chi connectivity index (χ1) is 16.1. The van der Waals surface area contributed by atoms with Crippen LogP contribution in [0.1, 0.15) is 43.1 Å². The molecule has 33 heavy (non-hydrogen) atoms.